The van der Waals surface area contributed by atoms with Gasteiger partial charge in [0.05, 0.1) is 28.1 Å². The second kappa shape index (κ2) is 12.8. The van der Waals surface area contributed by atoms with E-state index in [0.717, 1.165) is 78.3 Å². The third kappa shape index (κ3) is 4.53. The van der Waals surface area contributed by atoms with E-state index in [2.05, 4.69) is 130 Å². The summed E-state index contributed by atoms with van der Waals surface area (Å²) in [6.07, 6.45) is 0. The predicted octanol–water partition coefficient (Wildman–Crippen LogP) is 7.79. The summed E-state index contributed by atoms with van der Waals surface area (Å²) in [7, 11) is 0. The molecule has 8 aromatic rings. The molecule has 0 bridgehead atoms. The molecule has 0 atom stereocenters. The Labute approximate surface area is 347 Å². The van der Waals surface area contributed by atoms with E-state index in [1.807, 2.05) is 66.7 Å². The molecule has 0 spiro atoms. The second-order valence-electron chi connectivity index (χ2n) is 15.3. The molecule has 4 heterocycles. The Hall–Kier alpha value is -8.44. The number of hydrogen-bond acceptors (Lipinski definition) is 7. The maximum Gasteiger partial charge on any atom is 0.256 e. The average molecular weight is 762 g/mol. The fourth-order valence-corrected chi connectivity index (χ4v) is 10.1. The minimum atomic E-state index is -0.364. The van der Waals surface area contributed by atoms with Gasteiger partial charge in [-0.25, -0.2) is 0 Å². The van der Waals surface area contributed by atoms with Crippen LogP contribution < -0.4 is 52.2 Å². The van der Waals surface area contributed by atoms with Crippen LogP contribution in [-0.4, -0.2) is 13.4 Å². The molecule has 8 aromatic carbocycles. The molecule has 0 saturated carbocycles. The minimum Gasteiger partial charge on any atom is -0.457 e. The molecule has 9 heteroatoms. The molecule has 4 aliphatic heterocycles. The van der Waals surface area contributed by atoms with Crippen molar-refractivity contribution >= 4 is 97.4 Å². The van der Waals surface area contributed by atoms with Gasteiger partial charge in [-0.05, 0) is 99.5 Å². The van der Waals surface area contributed by atoms with Gasteiger partial charge in [0, 0.05) is 45.9 Å². The third-order valence-corrected chi connectivity index (χ3v) is 12.4. The fourth-order valence-electron chi connectivity index (χ4n) is 10.1. The lowest BCUT2D eigenvalue weighted by Crippen LogP contribution is -2.64. The Balaban J connectivity index is 1.19. The molecule has 60 heavy (non-hydrogen) atoms. The maximum absolute atomic E-state index is 10.9. The molecular weight excluding hydrogens is 734 g/mol. The van der Waals surface area contributed by atoms with Crippen molar-refractivity contribution in [3.05, 3.63) is 187 Å². The number of ether oxygens (including phenoxy) is 1. The standard InChI is InChI=1S/C51H28B2N6O/c54-29-32-24-25-44-47-49(32)59(37-18-8-3-9-19-37)45-28-46-41(27-40(45)52(47)38-20-10-12-22-42(38)57(44)35-14-4-1-5-15-35)53-39-21-11-13-23-43(39)58(36-16-6-2-7-17-36)50-33(30-55)26-34(31-56)51(60-46)48(50)53/h1-28H. The van der Waals surface area contributed by atoms with Crippen molar-refractivity contribution in [2.75, 3.05) is 14.7 Å². The fraction of sp³-hybridized carbons (Fsp3) is 0. The molecule has 0 N–H and O–H groups in total. The molecule has 274 valence electrons. The number of nitrogens with zero attached hydrogens (tertiary/aromatic N) is 6. The zero-order chi connectivity index (χ0) is 40.1. The van der Waals surface area contributed by atoms with Crippen LogP contribution in [0.1, 0.15) is 16.7 Å². The van der Waals surface area contributed by atoms with E-state index in [1.165, 1.54) is 0 Å². The van der Waals surface area contributed by atoms with Crippen LogP contribution in [0.4, 0.5) is 51.2 Å². The molecule has 0 amide bonds. The van der Waals surface area contributed by atoms with E-state index in [9.17, 15) is 15.8 Å². The number of para-hydroxylation sites is 5. The smallest absolute Gasteiger partial charge is 0.256 e. The monoisotopic (exact) mass is 762 g/mol. The van der Waals surface area contributed by atoms with Crippen LogP contribution in [0.5, 0.6) is 11.5 Å². The summed E-state index contributed by atoms with van der Waals surface area (Å²) in [5.41, 5.74) is 15.6. The van der Waals surface area contributed by atoms with Crippen LogP contribution in [0.25, 0.3) is 0 Å². The SMILES string of the molecule is N#Cc1cc(C#N)c2c3c1Oc1cc4c(cc1B3c1ccccc1N2c1ccccc1)B1c2ccccc2N(c2ccccc2)c2ccc(C#N)c(c21)N4c1ccccc1. The lowest BCUT2D eigenvalue weighted by atomic mass is 9.30. The summed E-state index contributed by atoms with van der Waals surface area (Å²) in [5.74, 6) is 1.07. The highest BCUT2D eigenvalue weighted by atomic mass is 16.5. The van der Waals surface area contributed by atoms with Gasteiger partial charge in [-0.2, -0.15) is 15.8 Å². The van der Waals surface area contributed by atoms with Gasteiger partial charge in [0.2, 0.25) is 0 Å². The first-order chi connectivity index (χ1) is 29.7. The molecule has 4 aliphatic rings. The van der Waals surface area contributed by atoms with E-state index < -0.39 is 0 Å². The van der Waals surface area contributed by atoms with Crippen LogP contribution in [-0.2, 0) is 0 Å². The summed E-state index contributed by atoms with van der Waals surface area (Å²) in [6.45, 7) is -0.614. The quantitative estimate of drug-likeness (QED) is 0.170. The lowest BCUT2D eigenvalue weighted by Gasteiger charge is -2.45. The number of rotatable bonds is 3. The van der Waals surface area contributed by atoms with Gasteiger partial charge >= 0.3 is 0 Å². The van der Waals surface area contributed by atoms with Crippen LogP contribution in [0.15, 0.2) is 170 Å². The molecule has 0 radical (unpaired) electrons. The van der Waals surface area contributed by atoms with Crippen LogP contribution in [0, 0.1) is 34.0 Å². The molecule has 0 unspecified atom stereocenters. The van der Waals surface area contributed by atoms with Crippen molar-refractivity contribution in [2.45, 2.75) is 0 Å². The highest BCUT2D eigenvalue weighted by Crippen LogP contribution is 2.48. The van der Waals surface area contributed by atoms with Gasteiger partial charge in [-0.3, -0.25) is 0 Å². The molecule has 7 nitrogen and oxygen atoms in total. The molecule has 0 fully saturated rings. The van der Waals surface area contributed by atoms with Crippen molar-refractivity contribution in [3.8, 4) is 29.7 Å². The maximum atomic E-state index is 10.9. The number of fused-ring (bicyclic) bond motifs is 8. The van der Waals surface area contributed by atoms with Gasteiger partial charge < -0.3 is 19.4 Å². The summed E-state index contributed by atoms with van der Waals surface area (Å²) in [6, 6.07) is 65.0. The van der Waals surface area contributed by atoms with Crippen LogP contribution >= 0.6 is 0 Å². The van der Waals surface area contributed by atoms with Gasteiger partial charge in [-0.15, -0.1) is 0 Å². The lowest BCUT2D eigenvalue weighted by molar-refractivity contribution is 0.486. The van der Waals surface area contributed by atoms with Crippen molar-refractivity contribution in [1.29, 1.82) is 15.8 Å². The summed E-state index contributed by atoms with van der Waals surface area (Å²) in [5, 5.41) is 32.3. The number of benzene rings is 8. The second-order valence-corrected chi connectivity index (χ2v) is 15.3. The van der Waals surface area contributed by atoms with Gasteiger partial charge in [0.15, 0.2) is 0 Å². The number of anilines is 9. The zero-order valence-electron chi connectivity index (χ0n) is 31.9. The first-order valence-electron chi connectivity index (χ1n) is 19.9. The van der Waals surface area contributed by atoms with Crippen molar-refractivity contribution in [3.63, 3.8) is 0 Å². The topological polar surface area (TPSA) is 90.3 Å². The molecular formula is C51H28B2N6O. The predicted molar refractivity (Wildman–Crippen MR) is 240 cm³/mol. The normalized spacial score (nSPS) is 13.2. The molecule has 0 saturated heterocycles. The van der Waals surface area contributed by atoms with Crippen molar-refractivity contribution < 1.29 is 4.74 Å². The van der Waals surface area contributed by atoms with Crippen LogP contribution in [0.2, 0.25) is 0 Å². The summed E-state index contributed by atoms with van der Waals surface area (Å²) in [4.78, 5) is 6.66. The van der Waals surface area contributed by atoms with Gasteiger partial charge in [0.1, 0.15) is 29.7 Å². The number of nitriles is 3. The van der Waals surface area contributed by atoms with E-state index in [1.54, 1.807) is 6.07 Å². The summed E-state index contributed by atoms with van der Waals surface area (Å²) >= 11 is 0. The van der Waals surface area contributed by atoms with Crippen molar-refractivity contribution in [2.24, 2.45) is 0 Å². The summed E-state index contributed by atoms with van der Waals surface area (Å²) < 4.78 is 7.03. The van der Waals surface area contributed by atoms with Gasteiger partial charge in [-0.1, -0.05) is 97.1 Å². The first-order valence-corrected chi connectivity index (χ1v) is 19.9. The van der Waals surface area contributed by atoms with E-state index in [4.69, 9.17) is 4.74 Å². The Kier molecular flexibility index (Phi) is 7.18. The third-order valence-electron chi connectivity index (χ3n) is 12.4. The Morgan fingerprint density at radius 2 is 0.883 bits per heavy atom. The minimum absolute atomic E-state index is 0.250. The first kappa shape index (κ1) is 33.7. The Morgan fingerprint density at radius 1 is 0.383 bits per heavy atom. The Morgan fingerprint density at radius 3 is 1.48 bits per heavy atom. The highest BCUT2D eigenvalue weighted by Gasteiger charge is 2.48. The van der Waals surface area contributed by atoms with E-state index in [0.29, 0.717) is 33.9 Å². The molecule has 0 aliphatic carbocycles. The molecule has 12 rings (SSSR count). The Bertz CT molecular complexity index is 3260. The zero-order valence-corrected chi connectivity index (χ0v) is 31.9. The molecule has 0 aromatic heterocycles. The van der Waals surface area contributed by atoms with E-state index in [-0.39, 0.29) is 13.4 Å². The van der Waals surface area contributed by atoms with E-state index >= 15 is 0 Å². The number of hydrogen-bond donors (Lipinski definition) is 0. The van der Waals surface area contributed by atoms with Gasteiger partial charge in [0.25, 0.3) is 13.4 Å². The average Bonchev–Trinajstić information content (AvgIpc) is 3.31. The largest absolute Gasteiger partial charge is 0.457 e. The van der Waals surface area contributed by atoms with Crippen LogP contribution in [0.3, 0.4) is 0 Å². The van der Waals surface area contributed by atoms with Crippen molar-refractivity contribution in [1.82, 2.24) is 0 Å². The highest BCUT2D eigenvalue weighted by molar-refractivity contribution is 7.02.